The molecule has 0 bridgehead atoms. The summed E-state index contributed by atoms with van der Waals surface area (Å²) in [5, 5.41) is 11.9. The van der Waals surface area contributed by atoms with Crippen molar-refractivity contribution in [2.75, 3.05) is 14.2 Å². The number of nitrogens with one attached hydrogen (secondary N) is 1. The van der Waals surface area contributed by atoms with Crippen LogP contribution in [0.1, 0.15) is 30.0 Å². The molecule has 0 fully saturated rings. The van der Waals surface area contributed by atoms with Gasteiger partial charge in [-0.3, -0.25) is 9.59 Å². The van der Waals surface area contributed by atoms with Crippen molar-refractivity contribution in [3.05, 3.63) is 59.4 Å². The van der Waals surface area contributed by atoms with Crippen LogP contribution < -0.4 is 14.8 Å². The van der Waals surface area contributed by atoms with E-state index in [1.807, 2.05) is 0 Å². The Morgan fingerprint density at radius 3 is 2.41 bits per heavy atom. The van der Waals surface area contributed by atoms with Crippen molar-refractivity contribution in [3.8, 4) is 11.5 Å². The Kier molecular flexibility index (Phi) is 7.16. The lowest BCUT2D eigenvalue weighted by atomic mass is 10.0. The van der Waals surface area contributed by atoms with Gasteiger partial charge >= 0.3 is 5.97 Å². The number of hydrogen-bond donors (Lipinski definition) is 2. The summed E-state index contributed by atoms with van der Waals surface area (Å²) in [6.07, 6.45) is 0.289. The predicted molar refractivity (Wildman–Crippen MR) is 97.4 cm³/mol. The Morgan fingerprint density at radius 1 is 1.11 bits per heavy atom. The van der Waals surface area contributed by atoms with Crippen LogP contribution in [0, 0.1) is 5.82 Å². The maximum Gasteiger partial charge on any atom is 0.305 e. The number of hydrogen-bond acceptors (Lipinski definition) is 4. The molecule has 1 unspecified atom stereocenters. The summed E-state index contributed by atoms with van der Waals surface area (Å²) in [7, 11) is 2.98. The smallest absolute Gasteiger partial charge is 0.305 e. The van der Waals surface area contributed by atoms with Gasteiger partial charge < -0.3 is 19.9 Å². The largest absolute Gasteiger partial charge is 0.497 e. The van der Waals surface area contributed by atoms with Gasteiger partial charge in [-0.1, -0.05) is 12.1 Å². The van der Waals surface area contributed by atoms with Crippen molar-refractivity contribution in [1.29, 1.82) is 0 Å². The zero-order chi connectivity index (χ0) is 19.8. The summed E-state index contributed by atoms with van der Waals surface area (Å²) in [5.74, 6) is -0.691. The zero-order valence-electron chi connectivity index (χ0n) is 15.2. The fraction of sp³-hybridized carbons (Fsp3) is 0.300. The summed E-state index contributed by atoms with van der Waals surface area (Å²) in [4.78, 5) is 23.6. The fourth-order valence-corrected chi connectivity index (χ4v) is 2.70. The molecule has 144 valence electrons. The second kappa shape index (κ2) is 9.56. The normalized spacial score (nSPS) is 11.5. The van der Waals surface area contributed by atoms with Crippen LogP contribution in [-0.2, 0) is 16.0 Å². The van der Waals surface area contributed by atoms with Crippen LogP contribution in [0.2, 0.25) is 0 Å². The number of aliphatic carboxylic acids is 1. The molecule has 0 radical (unpaired) electrons. The lowest BCUT2D eigenvalue weighted by Crippen LogP contribution is -2.30. The molecule has 27 heavy (non-hydrogen) atoms. The summed E-state index contributed by atoms with van der Waals surface area (Å²) >= 11 is 0. The highest BCUT2D eigenvalue weighted by Gasteiger charge is 2.22. The number of amides is 1. The molecular formula is C20H22FNO5. The first-order valence-electron chi connectivity index (χ1n) is 8.40. The van der Waals surface area contributed by atoms with Gasteiger partial charge in [-0.25, -0.2) is 4.39 Å². The molecule has 0 aliphatic heterocycles. The molecule has 0 saturated carbocycles. The van der Waals surface area contributed by atoms with E-state index in [1.165, 1.54) is 26.4 Å². The molecule has 2 aromatic rings. The minimum atomic E-state index is -1.04. The van der Waals surface area contributed by atoms with Gasteiger partial charge in [0.2, 0.25) is 5.91 Å². The second-order valence-corrected chi connectivity index (χ2v) is 5.95. The van der Waals surface area contributed by atoms with Crippen LogP contribution in [0.25, 0.3) is 0 Å². The van der Waals surface area contributed by atoms with Gasteiger partial charge in [-0.05, 0) is 36.2 Å². The fourth-order valence-electron chi connectivity index (χ4n) is 2.70. The Hall–Kier alpha value is -3.09. The summed E-state index contributed by atoms with van der Waals surface area (Å²) < 4.78 is 23.4. The van der Waals surface area contributed by atoms with Gasteiger partial charge in [0.15, 0.2) is 0 Å². The number of rotatable bonds is 9. The molecule has 1 amide bonds. The summed E-state index contributed by atoms with van der Waals surface area (Å²) in [5.41, 5.74) is 1.37. The minimum Gasteiger partial charge on any atom is -0.497 e. The quantitative estimate of drug-likeness (QED) is 0.703. The van der Waals surface area contributed by atoms with E-state index in [-0.39, 0.29) is 24.6 Å². The van der Waals surface area contributed by atoms with E-state index in [2.05, 4.69) is 5.32 Å². The highest BCUT2D eigenvalue weighted by Crippen LogP contribution is 2.31. The topological polar surface area (TPSA) is 84.9 Å². The standard InChI is InChI=1S/C20H22FNO5/c1-26-15-8-9-16(18(11-15)27-2)17(12-20(24)25)22-19(23)10-5-13-3-6-14(21)7-4-13/h3-4,6-9,11,17H,5,10,12H2,1-2H3,(H,22,23)(H,24,25). The van der Waals surface area contributed by atoms with Crippen LogP contribution in [0.4, 0.5) is 4.39 Å². The van der Waals surface area contributed by atoms with Crippen molar-refractivity contribution in [3.63, 3.8) is 0 Å². The Bertz CT molecular complexity index is 791. The molecule has 0 aliphatic rings. The zero-order valence-corrected chi connectivity index (χ0v) is 15.2. The predicted octanol–water partition coefficient (Wildman–Crippen LogP) is 3.11. The van der Waals surface area contributed by atoms with Gasteiger partial charge in [-0.2, -0.15) is 0 Å². The summed E-state index contributed by atoms with van der Waals surface area (Å²) in [6, 6.07) is 10.1. The number of methoxy groups -OCH3 is 2. The van der Waals surface area contributed by atoms with Gasteiger partial charge in [0, 0.05) is 18.1 Å². The molecule has 0 aromatic heterocycles. The van der Waals surface area contributed by atoms with Crippen molar-refractivity contribution in [2.24, 2.45) is 0 Å². The van der Waals surface area contributed by atoms with E-state index < -0.39 is 12.0 Å². The van der Waals surface area contributed by atoms with E-state index in [9.17, 15) is 19.1 Å². The molecule has 7 heteroatoms. The van der Waals surface area contributed by atoms with Crippen LogP contribution >= 0.6 is 0 Å². The highest BCUT2D eigenvalue weighted by molar-refractivity contribution is 5.78. The number of carbonyl (C=O) groups is 2. The maximum absolute atomic E-state index is 12.9. The average molecular weight is 375 g/mol. The van der Waals surface area contributed by atoms with Crippen LogP contribution in [-0.4, -0.2) is 31.2 Å². The molecule has 0 heterocycles. The molecule has 2 aromatic carbocycles. The Morgan fingerprint density at radius 2 is 1.81 bits per heavy atom. The SMILES string of the molecule is COc1ccc(C(CC(=O)O)NC(=O)CCc2ccc(F)cc2)c(OC)c1. The number of ether oxygens (including phenoxy) is 2. The molecule has 0 saturated heterocycles. The number of halogens is 1. The third-order valence-corrected chi connectivity index (χ3v) is 4.08. The Labute approximate surface area is 156 Å². The van der Waals surface area contributed by atoms with Crippen molar-refractivity contribution in [2.45, 2.75) is 25.3 Å². The molecule has 2 N–H and O–H groups in total. The molecule has 0 spiro atoms. The molecule has 2 rings (SSSR count). The number of carboxylic acids is 1. The third kappa shape index (κ3) is 5.99. The number of benzene rings is 2. The highest BCUT2D eigenvalue weighted by atomic mass is 19.1. The van der Waals surface area contributed by atoms with E-state index in [1.54, 1.807) is 30.3 Å². The minimum absolute atomic E-state index is 0.153. The van der Waals surface area contributed by atoms with Crippen molar-refractivity contribution >= 4 is 11.9 Å². The molecule has 1 atom stereocenters. The van der Waals surface area contributed by atoms with E-state index in [0.29, 0.717) is 23.5 Å². The van der Waals surface area contributed by atoms with Gasteiger partial charge in [-0.15, -0.1) is 0 Å². The second-order valence-electron chi connectivity index (χ2n) is 5.95. The number of carbonyl (C=O) groups excluding carboxylic acids is 1. The van der Waals surface area contributed by atoms with Gasteiger partial charge in [0.05, 0.1) is 26.7 Å². The van der Waals surface area contributed by atoms with Crippen molar-refractivity contribution in [1.82, 2.24) is 5.32 Å². The van der Waals surface area contributed by atoms with Gasteiger partial charge in [0.25, 0.3) is 0 Å². The maximum atomic E-state index is 12.9. The first kappa shape index (κ1) is 20.2. The number of aryl methyl sites for hydroxylation is 1. The number of carboxylic acid groups (broad SMARTS) is 1. The average Bonchev–Trinajstić information content (AvgIpc) is 2.66. The van der Waals surface area contributed by atoms with Crippen LogP contribution in [0.15, 0.2) is 42.5 Å². The lowest BCUT2D eigenvalue weighted by molar-refractivity contribution is -0.137. The lowest BCUT2D eigenvalue weighted by Gasteiger charge is -2.20. The summed E-state index contributed by atoms with van der Waals surface area (Å²) in [6.45, 7) is 0. The molecule has 0 aliphatic carbocycles. The van der Waals surface area contributed by atoms with E-state index in [0.717, 1.165) is 5.56 Å². The van der Waals surface area contributed by atoms with Crippen LogP contribution in [0.3, 0.4) is 0 Å². The monoisotopic (exact) mass is 375 g/mol. The van der Waals surface area contributed by atoms with Gasteiger partial charge in [0.1, 0.15) is 17.3 Å². The first-order chi connectivity index (χ1) is 12.9. The Balaban J connectivity index is 2.10. The van der Waals surface area contributed by atoms with Crippen LogP contribution in [0.5, 0.6) is 11.5 Å². The van der Waals surface area contributed by atoms with E-state index in [4.69, 9.17) is 9.47 Å². The van der Waals surface area contributed by atoms with Crippen molar-refractivity contribution < 1.29 is 28.6 Å². The third-order valence-electron chi connectivity index (χ3n) is 4.08. The first-order valence-corrected chi connectivity index (χ1v) is 8.40. The van der Waals surface area contributed by atoms with E-state index >= 15 is 0 Å². The molecule has 6 nitrogen and oxygen atoms in total. The molecular weight excluding hydrogens is 353 g/mol.